The van der Waals surface area contributed by atoms with E-state index in [1.54, 1.807) is 18.0 Å². The number of aromatic nitrogens is 4. The van der Waals surface area contributed by atoms with Gasteiger partial charge in [0.2, 0.25) is 0 Å². The van der Waals surface area contributed by atoms with Gasteiger partial charge in [-0.05, 0) is 43.0 Å². The van der Waals surface area contributed by atoms with Crippen molar-refractivity contribution < 1.29 is 22.4 Å². The standard InChI is InChI=1S/C22H20F4N6O/c1-30(19-6-5-14(11-27-19)22(24,25)26)17-9-13-10-18(17)31(12-13)21(33)15-3-2-4-16(23)20(15)32-28-7-8-29-32/h2-8,11,13,17-18H,9-10,12H2,1H3. The Hall–Kier alpha value is -3.50. The summed E-state index contributed by atoms with van der Waals surface area (Å²) >= 11 is 0. The Morgan fingerprint density at radius 1 is 1.12 bits per heavy atom. The summed E-state index contributed by atoms with van der Waals surface area (Å²) in [5, 5.41) is 7.94. The minimum atomic E-state index is -4.45. The minimum Gasteiger partial charge on any atom is -0.355 e. The number of benzene rings is 1. The van der Waals surface area contributed by atoms with E-state index in [2.05, 4.69) is 15.2 Å². The second-order valence-electron chi connectivity index (χ2n) is 8.40. The van der Waals surface area contributed by atoms with Gasteiger partial charge < -0.3 is 9.80 Å². The zero-order valence-corrected chi connectivity index (χ0v) is 17.6. The van der Waals surface area contributed by atoms with E-state index in [9.17, 15) is 22.4 Å². The molecule has 2 bridgehead atoms. The molecule has 2 aromatic heterocycles. The number of pyridine rings is 1. The molecule has 1 saturated heterocycles. The number of rotatable bonds is 4. The van der Waals surface area contributed by atoms with Crippen molar-refractivity contribution in [1.29, 1.82) is 0 Å². The number of piperidine rings is 1. The number of fused-ring (bicyclic) bond motifs is 2. The zero-order valence-electron chi connectivity index (χ0n) is 17.6. The van der Waals surface area contributed by atoms with Crippen LogP contribution in [0.4, 0.5) is 23.4 Å². The Kier molecular flexibility index (Phi) is 5.06. The molecule has 11 heteroatoms. The van der Waals surface area contributed by atoms with Crippen LogP contribution >= 0.6 is 0 Å². The summed E-state index contributed by atoms with van der Waals surface area (Å²) < 4.78 is 53.2. The van der Waals surface area contributed by atoms with Crippen molar-refractivity contribution in [2.75, 3.05) is 18.5 Å². The third kappa shape index (κ3) is 3.70. The highest BCUT2D eigenvalue weighted by Gasteiger charge is 2.49. The predicted octanol–water partition coefficient (Wildman–Crippen LogP) is 3.56. The van der Waals surface area contributed by atoms with Crippen LogP contribution in [0.5, 0.6) is 0 Å². The normalized spacial score (nSPS) is 22.1. The number of para-hydroxylation sites is 1. The van der Waals surface area contributed by atoms with Crippen LogP contribution in [-0.2, 0) is 6.18 Å². The average Bonchev–Trinajstić information content (AvgIpc) is 3.55. The molecule has 0 N–H and O–H groups in total. The Bertz CT molecular complexity index is 1160. The molecule has 0 radical (unpaired) electrons. The van der Waals surface area contributed by atoms with Crippen LogP contribution in [0.25, 0.3) is 5.69 Å². The van der Waals surface area contributed by atoms with Crippen molar-refractivity contribution in [3.63, 3.8) is 0 Å². The Balaban J connectivity index is 1.40. The van der Waals surface area contributed by atoms with Gasteiger partial charge in [-0.1, -0.05) is 6.07 Å². The van der Waals surface area contributed by atoms with Crippen molar-refractivity contribution in [3.05, 3.63) is 65.9 Å². The fourth-order valence-corrected chi connectivity index (χ4v) is 4.95. The van der Waals surface area contributed by atoms with Gasteiger partial charge in [0.25, 0.3) is 5.91 Å². The average molecular weight is 460 g/mol. The van der Waals surface area contributed by atoms with Crippen LogP contribution in [0.15, 0.2) is 48.9 Å². The molecule has 1 amide bonds. The van der Waals surface area contributed by atoms with Gasteiger partial charge in [0.05, 0.1) is 35.6 Å². The number of likely N-dealkylation sites (tertiary alicyclic amines) is 1. The number of carbonyl (C=O) groups is 1. The van der Waals surface area contributed by atoms with E-state index in [0.717, 1.165) is 29.9 Å². The SMILES string of the molecule is CN(c1ccc(C(F)(F)F)cn1)C1CC2CC1N(C(=O)c1cccc(F)c1-n1nccn1)C2. The maximum absolute atomic E-state index is 14.6. The molecular weight excluding hydrogens is 440 g/mol. The van der Waals surface area contributed by atoms with Gasteiger partial charge in [-0.15, -0.1) is 4.80 Å². The molecule has 0 spiro atoms. The van der Waals surface area contributed by atoms with Crippen molar-refractivity contribution in [2.24, 2.45) is 5.92 Å². The summed E-state index contributed by atoms with van der Waals surface area (Å²) in [6.45, 7) is 0.538. The second kappa shape index (κ2) is 7.82. The number of hydrogen-bond donors (Lipinski definition) is 0. The first kappa shape index (κ1) is 21.4. The number of anilines is 1. The van der Waals surface area contributed by atoms with Crippen molar-refractivity contribution in [3.8, 4) is 5.69 Å². The summed E-state index contributed by atoms with van der Waals surface area (Å²) in [6, 6.07) is 6.33. The monoisotopic (exact) mass is 460 g/mol. The predicted molar refractivity (Wildman–Crippen MR) is 110 cm³/mol. The molecule has 3 atom stereocenters. The molecule has 1 saturated carbocycles. The first-order chi connectivity index (χ1) is 15.7. The molecule has 2 aliphatic rings. The van der Waals surface area contributed by atoms with Crippen LogP contribution in [-0.4, -0.2) is 56.5 Å². The van der Waals surface area contributed by atoms with Gasteiger partial charge in [-0.25, -0.2) is 9.37 Å². The highest BCUT2D eigenvalue weighted by molar-refractivity contribution is 5.98. The van der Waals surface area contributed by atoms with E-state index in [1.165, 1.54) is 30.6 Å². The molecule has 3 unspecified atom stereocenters. The van der Waals surface area contributed by atoms with E-state index in [1.807, 2.05) is 4.90 Å². The molecule has 33 heavy (non-hydrogen) atoms. The van der Waals surface area contributed by atoms with Gasteiger partial charge in [-0.3, -0.25) is 4.79 Å². The molecule has 7 nitrogen and oxygen atoms in total. The summed E-state index contributed by atoms with van der Waals surface area (Å²) in [4.78, 5) is 22.1. The highest BCUT2D eigenvalue weighted by Crippen LogP contribution is 2.42. The lowest BCUT2D eigenvalue weighted by molar-refractivity contribution is -0.137. The third-order valence-electron chi connectivity index (χ3n) is 6.48. The lowest BCUT2D eigenvalue weighted by Crippen LogP contribution is -2.51. The van der Waals surface area contributed by atoms with E-state index >= 15 is 0 Å². The molecule has 172 valence electrons. The fraction of sp³-hybridized carbons (Fsp3) is 0.364. The lowest BCUT2D eigenvalue weighted by atomic mass is 10.0. The molecule has 1 aliphatic carbocycles. The quantitative estimate of drug-likeness (QED) is 0.557. The Labute approximate surface area is 186 Å². The lowest BCUT2D eigenvalue weighted by Gasteiger charge is -2.39. The van der Waals surface area contributed by atoms with Crippen LogP contribution < -0.4 is 4.90 Å². The number of amides is 1. The molecule has 1 aromatic carbocycles. The largest absolute Gasteiger partial charge is 0.417 e. The molecular formula is C22H20F4N6O. The van der Waals surface area contributed by atoms with E-state index in [4.69, 9.17) is 0 Å². The van der Waals surface area contributed by atoms with Crippen LogP contribution in [0, 0.1) is 11.7 Å². The highest BCUT2D eigenvalue weighted by atomic mass is 19.4. The third-order valence-corrected chi connectivity index (χ3v) is 6.48. The van der Waals surface area contributed by atoms with Gasteiger partial charge in [0.15, 0.2) is 5.82 Å². The number of likely N-dealkylation sites (N-methyl/N-ethyl adjacent to an activating group) is 1. The minimum absolute atomic E-state index is 0.00964. The first-order valence-corrected chi connectivity index (χ1v) is 10.5. The van der Waals surface area contributed by atoms with E-state index in [0.29, 0.717) is 12.4 Å². The smallest absolute Gasteiger partial charge is 0.355 e. The maximum atomic E-state index is 14.6. The number of carbonyl (C=O) groups excluding carboxylic acids is 1. The fourth-order valence-electron chi connectivity index (χ4n) is 4.95. The molecule has 3 heterocycles. The Morgan fingerprint density at radius 3 is 2.52 bits per heavy atom. The maximum Gasteiger partial charge on any atom is 0.417 e. The topological polar surface area (TPSA) is 67.2 Å². The second-order valence-corrected chi connectivity index (χ2v) is 8.40. The molecule has 1 aliphatic heterocycles. The number of nitrogens with zero attached hydrogens (tertiary/aromatic N) is 6. The van der Waals surface area contributed by atoms with E-state index in [-0.39, 0.29) is 35.2 Å². The van der Waals surface area contributed by atoms with Gasteiger partial charge in [0.1, 0.15) is 11.5 Å². The van der Waals surface area contributed by atoms with Gasteiger partial charge in [0, 0.05) is 19.8 Å². The van der Waals surface area contributed by atoms with Crippen molar-refractivity contribution in [1.82, 2.24) is 24.9 Å². The van der Waals surface area contributed by atoms with Crippen LogP contribution in [0.1, 0.15) is 28.8 Å². The number of halogens is 4. The Morgan fingerprint density at radius 2 is 1.88 bits per heavy atom. The summed E-state index contributed by atoms with van der Waals surface area (Å²) in [7, 11) is 1.77. The zero-order chi connectivity index (χ0) is 23.3. The molecule has 2 fully saturated rings. The van der Waals surface area contributed by atoms with Crippen molar-refractivity contribution in [2.45, 2.75) is 31.1 Å². The van der Waals surface area contributed by atoms with Crippen molar-refractivity contribution >= 4 is 11.7 Å². The summed E-state index contributed by atoms with van der Waals surface area (Å²) in [5.41, 5.74) is -0.660. The van der Waals surface area contributed by atoms with Gasteiger partial charge >= 0.3 is 6.18 Å². The molecule has 5 rings (SSSR count). The first-order valence-electron chi connectivity index (χ1n) is 10.5. The summed E-state index contributed by atoms with van der Waals surface area (Å²) in [6.07, 6.45) is 0.738. The van der Waals surface area contributed by atoms with Crippen LogP contribution in [0.2, 0.25) is 0 Å². The number of hydrogen-bond acceptors (Lipinski definition) is 5. The number of alkyl halides is 3. The van der Waals surface area contributed by atoms with Crippen LogP contribution in [0.3, 0.4) is 0 Å². The van der Waals surface area contributed by atoms with E-state index < -0.39 is 17.6 Å². The summed E-state index contributed by atoms with van der Waals surface area (Å²) in [5.74, 6) is -0.280. The van der Waals surface area contributed by atoms with Gasteiger partial charge in [-0.2, -0.15) is 23.4 Å². The molecule has 3 aromatic rings.